The summed E-state index contributed by atoms with van der Waals surface area (Å²) in [5.74, 6) is 0. The van der Waals surface area contributed by atoms with Crippen LogP contribution in [0.1, 0.15) is 19.3 Å². The maximum absolute atomic E-state index is 12.2. The largest absolute Gasteiger partial charge is 0.240 e. The van der Waals surface area contributed by atoms with Gasteiger partial charge in [-0.15, -0.1) is 0 Å². The maximum Gasteiger partial charge on any atom is 0.240 e. The minimum absolute atomic E-state index is 0.0985. The van der Waals surface area contributed by atoms with Gasteiger partial charge in [-0.2, -0.15) is 0 Å². The lowest BCUT2D eigenvalue weighted by molar-refractivity contribution is 0.522. The third-order valence-electron chi connectivity index (χ3n) is 3.04. The molecule has 20 heavy (non-hydrogen) atoms. The van der Waals surface area contributed by atoms with Gasteiger partial charge in [0.15, 0.2) is 0 Å². The van der Waals surface area contributed by atoms with Crippen molar-refractivity contribution < 1.29 is 16.8 Å². The lowest BCUT2D eigenvalue weighted by atomic mass is 10.0. The number of nitrogens with two attached hydrogens (primary N) is 1. The summed E-state index contributed by atoms with van der Waals surface area (Å²) >= 11 is 0. The van der Waals surface area contributed by atoms with Crippen molar-refractivity contribution in [2.75, 3.05) is 0 Å². The van der Waals surface area contributed by atoms with E-state index in [1.54, 1.807) is 0 Å². The zero-order chi connectivity index (χ0) is 14.8. The molecule has 0 heterocycles. The molecule has 1 aliphatic rings. The van der Waals surface area contributed by atoms with Crippen LogP contribution in [0.3, 0.4) is 0 Å². The van der Waals surface area contributed by atoms with Crippen molar-refractivity contribution in [2.24, 2.45) is 5.14 Å². The van der Waals surface area contributed by atoms with E-state index in [1.165, 1.54) is 18.2 Å². The monoisotopic (exact) mass is 316 g/mol. The Morgan fingerprint density at radius 2 is 1.80 bits per heavy atom. The van der Waals surface area contributed by atoms with E-state index in [0.29, 0.717) is 6.42 Å². The number of hydrogen-bond donors (Lipinski definition) is 2. The van der Waals surface area contributed by atoms with Crippen LogP contribution in [0.15, 0.2) is 46.2 Å². The summed E-state index contributed by atoms with van der Waals surface area (Å²) in [5, 5.41) is 5.00. The minimum Gasteiger partial charge on any atom is -0.225 e. The Morgan fingerprint density at radius 1 is 1.10 bits per heavy atom. The fourth-order valence-corrected chi connectivity index (χ4v) is 3.97. The number of allylic oxidation sites excluding steroid dienone is 1. The summed E-state index contributed by atoms with van der Waals surface area (Å²) in [5.41, 5.74) is 0. The van der Waals surface area contributed by atoms with Crippen molar-refractivity contribution in [2.45, 2.75) is 35.1 Å². The van der Waals surface area contributed by atoms with Crippen LogP contribution in [0.25, 0.3) is 0 Å². The summed E-state index contributed by atoms with van der Waals surface area (Å²) in [7, 11) is -7.67. The molecule has 0 aromatic heterocycles. The Morgan fingerprint density at radius 3 is 2.40 bits per heavy atom. The van der Waals surface area contributed by atoms with Crippen molar-refractivity contribution >= 4 is 20.0 Å². The Kier molecular flexibility index (Phi) is 4.28. The second-order valence-corrected chi connectivity index (χ2v) is 7.90. The summed E-state index contributed by atoms with van der Waals surface area (Å²) in [4.78, 5) is -0.317. The van der Waals surface area contributed by atoms with Gasteiger partial charge in [0.05, 0.1) is 9.79 Å². The Balaban J connectivity index is 2.27. The molecule has 6 nitrogen and oxygen atoms in total. The maximum atomic E-state index is 12.2. The van der Waals surface area contributed by atoms with Gasteiger partial charge in [-0.3, -0.25) is 0 Å². The van der Waals surface area contributed by atoms with Crippen molar-refractivity contribution in [1.29, 1.82) is 0 Å². The lowest BCUT2D eigenvalue weighted by Crippen LogP contribution is -2.35. The third-order valence-corrected chi connectivity index (χ3v) is 5.46. The fourth-order valence-electron chi connectivity index (χ4n) is 2.01. The average Bonchev–Trinajstić information content (AvgIpc) is 2.38. The van der Waals surface area contributed by atoms with Crippen LogP contribution in [-0.4, -0.2) is 22.9 Å². The minimum atomic E-state index is -3.92. The molecule has 0 aliphatic heterocycles. The highest BCUT2D eigenvalue weighted by Gasteiger charge is 2.21. The van der Waals surface area contributed by atoms with Gasteiger partial charge in [0.25, 0.3) is 0 Å². The van der Waals surface area contributed by atoms with Gasteiger partial charge in [-0.05, 0) is 37.5 Å². The highest BCUT2D eigenvalue weighted by Crippen LogP contribution is 2.17. The van der Waals surface area contributed by atoms with Crippen molar-refractivity contribution in [1.82, 2.24) is 4.72 Å². The van der Waals surface area contributed by atoms with E-state index in [2.05, 4.69) is 4.72 Å². The van der Waals surface area contributed by atoms with E-state index in [0.717, 1.165) is 18.9 Å². The Bertz CT molecular complexity index is 724. The molecule has 1 unspecified atom stereocenters. The Hall–Kier alpha value is -1.22. The number of hydrogen-bond acceptors (Lipinski definition) is 4. The van der Waals surface area contributed by atoms with Gasteiger partial charge in [0.1, 0.15) is 0 Å². The van der Waals surface area contributed by atoms with Crippen LogP contribution in [0.2, 0.25) is 0 Å². The van der Waals surface area contributed by atoms with Crippen molar-refractivity contribution in [3.63, 3.8) is 0 Å². The van der Waals surface area contributed by atoms with E-state index in [-0.39, 0.29) is 15.8 Å². The number of sulfonamides is 2. The normalized spacial score (nSPS) is 19.9. The van der Waals surface area contributed by atoms with Gasteiger partial charge in [-0.1, -0.05) is 18.2 Å². The lowest BCUT2D eigenvalue weighted by Gasteiger charge is -2.19. The molecular weight excluding hydrogens is 300 g/mol. The second-order valence-electron chi connectivity index (χ2n) is 4.62. The van der Waals surface area contributed by atoms with Crippen LogP contribution >= 0.6 is 0 Å². The number of primary sulfonamides is 1. The van der Waals surface area contributed by atoms with Gasteiger partial charge in [0, 0.05) is 6.04 Å². The molecule has 0 saturated carbocycles. The smallest absolute Gasteiger partial charge is 0.225 e. The molecule has 1 aromatic rings. The fraction of sp³-hybridized carbons (Fsp3) is 0.333. The van der Waals surface area contributed by atoms with Gasteiger partial charge in [-0.25, -0.2) is 26.7 Å². The molecule has 2 rings (SSSR count). The summed E-state index contributed by atoms with van der Waals surface area (Å²) < 4.78 is 49.5. The zero-order valence-electron chi connectivity index (χ0n) is 10.7. The van der Waals surface area contributed by atoms with Crippen LogP contribution in [-0.2, 0) is 20.0 Å². The average molecular weight is 316 g/mol. The molecule has 0 saturated heterocycles. The van der Waals surface area contributed by atoms with Crippen LogP contribution in [0, 0.1) is 0 Å². The van der Waals surface area contributed by atoms with E-state index in [4.69, 9.17) is 5.14 Å². The first kappa shape index (κ1) is 15.2. The molecule has 0 fully saturated rings. The molecule has 0 spiro atoms. The quantitative estimate of drug-likeness (QED) is 0.798. The Labute approximate surface area is 118 Å². The zero-order valence-corrected chi connectivity index (χ0v) is 12.3. The van der Waals surface area contributed by atoms with Crippen LogP contribution in [0.4, 0.5) is 0 Å². The molecule has 110 valence electrons. The molecular formula is C12H16N2O4S2. The summed E-state index contributed by atoms with van der Waals surface area (Å²) in [6.07, 6.45) is 6.12. The van der Waals surface area contributed by atoms with Crippen LogP contribution in [0.5, 0.6) is 0 Å². The highest BCUT2D eigenvalue weighted by atomic mass is 32.2. The molecule has 1 aromatic carbocycles. The number of rotatable bonds is 4. The molecule has 1 atom stereocenters. The van der Waals surface area contributed by atoms with Gasteiger partial charge < -0.3 is 0 Å². The molecule has 0 amide bonds. The SMILES string of the molecule is NS(=O)(=O)c1cccc(S(=O)(=O)NC2CC=CCC2)c1. The van der Waals surface area contributed by atoms with E-state index >= 15 is 0 Å². The molecule has 3 N–H and O–H groups in total. The first-order chi connectivity index (χ1) is 9.29. The molecule has 0 radical (unpaired) electrons. The second kappa shape index (κ2) is 5.65. The first-order valence-electron chi connectivity index (χ1n) is 6.09. The highest BCUT2D eigenvalue weighted by molar-refractivity contribution is 7.90. The van der Waals surface area contributed by atoms with E-state index in [9.17, 15) is 16.8 Å². The topological polar surface area (TPSA) is 106 Å². The predicted octanol–water partition coefficient (Wildman–Crippen LogP) is 0.721. The number of benzene rings is 1. The number of nitrogens with one attached hydrogen (secondary N) is 1. The van der Waals surface area contributed by atoms with Crippen LogP contribution < -0.4 is 9.86 Å². The molecule has 1 aliphatic carbocycles. The predicted molar refractivity (Wildman–Crippen MR) is 74.9 cm³/mol. The van der Waals surface area contributed by atoms with E-state index < -0.39 is 20.0 Å². The standard InChI is InChI=1S/C12H16N2O4S2/c13-19(15,16)11-7-4-8-12(9-11)20(17,18)14-10-5-2-1-3-6-10/h1-2,4,7-10,14H,3,5-6H2,(H2,13,15,16). The third kappa shape index (κ3) is 3.66. The summed E-state index contributed by atoms with van der Waals surface area (Å²) in [6, 6.07) is 4.86. The van der Waals surface area contributed by atoms with Crippen molar-refractivity contribution in [3.8, 4) is 0 Å². The van der Waals surface area contributed by atoms with Gasteiger partial charge in [0.2, 0.25) is 20.0 Å². The van der Waals surface area contributed by atoms with Crippen molar-refractivity contribution in [3.05, 3.63) is 36.4 Å². The van der Waals surface area contributed by atoms with E-state index in [1.807, 2.05) is 12.2 Å². The molecule has 8 heteroatoms. The first-order valence-corrected chi connectivity index (χ1v) is 9.12. The molecule has 0 bridgehead atoms. The van der Waals surface area contributed by atoms with Gasteiger partial charge >= 0.3 is 0 Å². The summed E-state index contributed by atoms with van der Waals surface area (Å²) in [6.45, 7) is 0.